The van der Waals surface area contributed by atoms with Crippen molar-refractivity contribution in [1.29, 1.82) is 0 Å². The number of amides is 2. The van der Waals surface area contributed by atoms with Gasteiger partial charge in [0.15, 0.2) is 5.78 Å². The van der Waals surface area contributed by atoms with Gasteiger partial charge in [0.25, 0.3) is 0 Å². The van der Waals surface area contributed by atoms with Crippen LogP contribution in [0.5, 0.6) is 0 Å². The molecular weight excluding hydrogens is 400 g/mol. The van der Waals surface area contributed by atoms with Crippen molar-refractivity contribution in [2.45, 2.75) is 26.2 Å². The van der Waals surface area contributed by atoms with Gasteiger partial charge in [0.1, 0.15) is 0 Å². The van der Waals surface area contributed by atoms with Gasteiger partial charge in [0, 0.05) is 23.0 Å². The van der Waals surface area contributed by atoms with Crippen molar-refractivity contribution in [1.82, 2.24) is 0 Å². The first-order valence-corrected chi connectivity index (χ1v) is 10.7. The van der Waals surface area contributed by atoms with E-state index in [0.29, 0.717) is 30.4 Å². The van der Waals surface area contributed by atoms with E-state index in [1.54, 1.807) is 6.92 Å². The molecule has 2 atom stereocenters. The summed E-state index contributed by atoms with van der Waals surface area (Å²) in [6.45, 7) is 1.71. The summed E-state index contributed by atoms with van der Waals surface area (Å²) in [5.74, 6) is -1.59. The number of ketones is 1. The van der Waals surface area contributed by atoms with Gasteiger partial charge in [-0.1, -0.05) is 85.8 Å². The lowest BCUT2D eigenvalue weighted by Crippen LogP contribution is -2.30. The van der Waals surface area contributed by atoms with Gasteiger partial charge in [-0.05, 0) is 36.0 Å². The lowest BCUT2D eigenvalue weighted by atomic mass is 9.89. The van der Waals surface area contributed by atoms with Crippen molar-refractivity contribution in [3.8, 4) is 11.1 Å². The monoisotopic (exact) mass is 428 g/mol. The molecule has 0 aromatic heterocycles. The van der Waals surface area contributed by atoms with Crippen LogP contribution in [0.3, 0.4) is 0 Å². The van der Waals surface area contributed by atoms with Crippen molar-refractivity contribution in [2.75, 3.05) is 0 Å². The van der Waals surface area contributed by atoms with Crippen LogP contribution in [0.25, 0.3) is 11.1 Å². The normalized spacial score (nSPS) is 12.7. The zero-order valence-electron chi connectivity index (χ0n) is 18.2. The first-order valence-electron chi connectivity index (χ1n) is 10.7. The van der Waals surface area contributed by atoms with Crippen molar-refractivity contribution in [2.24, 2.45) is 23.3 Å². The van der Waals surface area contributed by atoms with Gasteiger partial charge in [-0.15, -0.1) is 0 Å². The number of hydrogen-bond donors (Lipinski definition) is 2. The molecule has 5 nitrogen and oxygen atoms in total. The molecule has 0 bridgehead atoms. The number of rotatable bonds is 10. The lowest BCUT2D eigenvalue weighted by molar-refractivity contribution is -0.124. The van der Waals surface area contributed by atoms with E-state index in [1.807, 2.05) is 78.9 Å². The molecule has 0 spiro atoms. The summed E-state index contributed by atoms with van der Waals surface area (Å²) in [4.78, 5) is 35.6. The van der Waals surface area contributed by atoms with Crippen molar-refractivity contribution < 1.29 is 14.4 Å². The summed E-state index contributed by atoms with van der Waals surface area (Å²) in [7, 11) is 0. The Labute approximate surface area is 188 Å². The molecule has 0 fully saturated rings. The van der Waals surface area contributed by atoms with E-state index in [1.165, 1.54) is 0 Å². The van der Waals surface area contributed by atoms with Crippen molar-refractivity contribution >= 4 is 17.6 Å². The number of carbonyl (C=O) groups is 3. The summed E-state index contributed by atoms with van der Waals surface area (Å²) in [5, 5.41) is 0. The third-order valence-corrected chi connectivity index (χ3v) is 5.78. The van der Waals surface area contributed by atoms with E-state index in [9.17, 15) is 14.4 Å². The second-order valence-electron chi connectivity index (χ2n) is 8.15. The van der Waals surface area contributed by atoms with Crippen LogP contribution in [0.2, 0.25) is 0 Å². The Morgan fingerprint density at radius 2 is 1.25 bits per heavy atom. The highest BCUT2D eigenvalue weighted by Gasteiger charge is 2.21. The van der Waals surface area contributed by atoms with Crippen LogP contribution in [0.1, 0.15) is 41.3 Å². The highest BCUT2D eigenvalue weighted by molar-refractivity contribution is 6.09. The first kappa shape index (κ1) is 22.9. The minimum Gasteiger partial charge on any atom is -0.369 e. The van der Waals surface area contributed by atoms with Crippen LogP contribution < -0.4 is 11.5 Å². The molecule has 164 valence electrons. The third-order valence-electron chi connectivity index (χ3n) is 5.78. The molecule has 0 heterocycles. The fraction of sp³-hybridized carbons (Fsp3) is 0.222. The Morgan fingerprint density at radius 1 is 0.719 bits per heavy atom. The second-order valence-corrected chi connectivity index (χ2v) is 8.15. The maximum atomic E-state index is 12.6. The van der Waals surface area contributed by atoms with E-state index in [4.69, 9.17) is 11.5 Å². The van der Waals surface area contributed by atoms with Crippen molar-refractivity contribution in [3.63, 3.8) is 0 Å². The topological polar surface area (TPSA) is 103 Å². The molecule has 3 aromatic carbocycles. The fourth-order valence-electron chi connectivity index (χ4n) is 3.69. The van der Waals surface area contributed by atoms with Crippen LogP contribution in [-0.2, 0) is 16.0 Å². The average molecular weight is 429 g/mol. The molecule has 2 unspecified atom stereocenters. The zero-order valence-corrected chi connectivity index (χ0v) is 18.2. The maximum Gasteiger partial charge on any atom is 0.220 e. The minimum absolute atomic E-state index is 0.00200. The molecular formula is C27H28N2O3. The van der Waals surface area contributed by atoms with Gasteiger partial charge >= 0.3 is 0 Å². The summed E-state index contributed by atoms with van der Waals surface area (Å²) < 4.78 is 0. The highest BCUT2D eigenvalue weighted by atomic mass is 16.2. The number of hydrogen-bond acceptors (Lipinski definition) is 3. The summed E-state index contributed by atoms with van der Waals surface area (Å²) in [5.41, 5.74) is 15.3. The first-order chi connectivity index (χ1) is 15.3. The molecule has 4 N–H and O–H groups in total. The third kappa shape index (κ3) is 5.91. The number of nitrogens with two attached hydrogens (primary N) is 2. The summed E-state index contributed by atoms with van der Waals surface area (Å²) in [6.07, 6.45) is 1.63. The van der Waals surface area contributed by atoms with Crippen LogP contribution in [0.15, 0.2) is 78.9 Å². The minimum atomic E-state index is -0.419. The molecule has 0 saturated carbocycles. The standard InChI is InChI=1S/C27H28N2O3/c1-18(26(28)31)17-24(27(29)32)12-9-19-7-10-20(11-8-19)21-13-15-23(16-14-21)25(30)22-5-3-2-4-6-22/h2-8,10-11,13-16,18,24H,9,12,17H2,1H3,(H2,28,31)(H2,29,32). The number of carbonyl (C=O) groups excluding carboxylic acids is 3. The molecule has 0 aliphatic rings. The van der Waals surface area contributed by atoms with Crippen LogP contribution in [0, 0.1) is 11.8 Å². The summed E-state index contributed by atoms with van der Waals surface area (Å²) in [6, 6.07) is 24.9. The number of benzene rings is 3. The van der Waals surface area contributed by atoms with E-state index < -0.39 is 11.8 Å². The molecule has 0 saturated heterocycles. The molecule has 2 amide bonds. The Morgan fingerprint density at radius 3 is 1.78 bits per heavy atom. The van der Waals surface area contributed by atoms with Crippen LogP contribution in [-0.4, -0.2) is 17.6 Å². The Kier molecular flexibility index (Phi) is 7.55. The van der Waals surface area contributed by atoms with Gasteiger partial charge in [-0.3, -0.25) is 14.4 Å². The molecule has 0 radical (unpaired) electrons. The fourth-order valence-corrected chi connectivity index (χ4v) is 3.69. The molecule has 32 heavy (non-hydrogen) atoms. The van der Waals surface area contributed by atoms with E-state index in [2.05, 4.69) is 0 Å². The molecule has 3 rings (SSSR count). The number of aryl methyl sites for hydroxylation is 1. The molecule has 3 aromatic rings. The lowest BCUT2D eigenvalue weighted by Gasteiger charge is -2.16. The summed E-state index contributed by atoms with van der Waals surface area (Å²) >= 11 is 0. The Balaban J connectivity index is 1.63. The molecule has 5 heteroatoms. The second kappa shape index (κ2) is 10.5. The van der Waals surface area contributed by atoms with Gasteiger partial charge in [0.05, 0.1) is 0 Å². The number of primary amides is 2. The SMILES string of the molecule is CC(CC(CCc1ccc(-c2ccc(C(=O)c3ccccc3)cc2)cc1)C(N)=O)C(N)=O. The van der Waals surface area contributed by atoms with Gasteiger partial charge in [0.2, 0.25) is 11.8 Å². The zero-order chi connectivity index (χ0) is 23.1. The molecule has 0 aliphatic carbocycles. The van der Waals surface area contributed by atoms with Crippen LogP contribution >= 0.6 is 0 Å². The van der Waals surface area contributed by atoms with Gasteiger partial charge in [-0.2, -0.15) is 0 Å². The van der Waals surface area contributed by atoms with Gasteiger partial charge < -0.3 is 11.5 Å². The smallest absolute Gasteiger partial charge is 0.220 e. The van der Waals surface area contributed by atoms with E-state index in [0.717, 1.165) is 16.7 Å². The van der Waals surface area contributed by atoms with Crippen LogP contribution in [0.4, 0.5) is 0 Å². The Bertz CT molecular complexity index is 1070. The molecule has 0 aliphatic heterocycles. The predicted molar refractivity (Wildman–Crippen MR) is 126 cm³/mol. The highest BCUT2D eigenvalue weighted by Crippen LogP contribution is 2.23. The van der Waals surface area contributed by atoms with Gasteiger partial charge in [-0.25, -0.2) is 0 Å². The average Bonchev–Trinajstić information content (AvgIpc) is 2.82. The Hall–Kier alpha value is -3.73. The van der Waals surface area contributed by atoms with E-state index >= 15 is 0 Å². The quantitative estimate of drug-likeness (QED) is 0.475. The maximum absolute atomic E-state index is 12.6. The largest absolute Gasteiger partial charge is 0.369 e. The predicted octanol–water partition coefficient (Wildman–Crippen LogP) is 4.13. The van der Waals surface area contributed by atoms with Crippen molar-refractivity contribution in [3.05, 3.63) is 95.6 Å². The van der Waals surface area contributed by atoms with E-state index in [-0.39, 0.29) is 17.6 Å².